The number of phenols is 1. The molecule has 0 spiro atoms. The van der Waals surface area contributed by atoms with Crippen LogP contribution in [0.5, 0.6) is 11.5 Å². The average Bonchev–Trinajstić information content (AvgIpc) is 2.04. The van der Waals surface area contributed by atoms with Gasteiger partial charge in [-0.05, 0) is 12.1 Å². The molecule has 0 aliphatic heterocycles. The zero-order chi connectivity index (χ0) is 12.6. The van der Waals surface area contributed by atoms with Crippen molar-refractivity contribution in [3.63, 3.8) is 0 Å². The molecular weight excluding hydrogens is 273 g/mol. The Balaban J connectivity index is 3.36. The molecule has 0 saturated carbocycles. The van der Waals surface area contributed by atoms with Gasteiger partial charge in [-0.2, -0.15) is 0 Å². The minimum absolute atomic E-state index is 0.781. The monoisotopic (exact) mass is 276 g/mol. The fourth-order valence-electron chi connectivity index (χ4n) is 0.915. The number of hydrogen-bond acceptors (Lipinski definition) is 4. The maximum atomic E-state index is 11.9. The van der Waals surface area contributed by atoms with Crippen molar-refractivity contribution < 1.29 is 31.4 Å². The third-order valence-electron chi connectivity index (χ3n) is 1.44. The van der Waals surface area contributed by atoms with Gasteiger partial charge in [0.2, 0.25) is 0 Å². The molecule has 0 fully saturated rings. The maximum absolute atomic E-state index is 11.9. The van der Waals surface area contributed by atoms with E-state index in [2.05, 4.69) is 4.74 Å². The highest BCUT2D eigenvalue weighted by molar-refractivity contribution is 8.13. The third kappa shape index (κ3) is 3.17. The smallest absolute Gasteiger partial charge is 0.504 e. The zero-order valence-electron chi connectivity index (χ0n) is 7.32. The van der Waals surface area contributed by atoms with E-state index in [-0.39, 0.29) is 0 Å². The first-order chi connectivity index (χ1) is 7.11. The number of aromatic hydroxyl groups is 1. The van der Waals surface area contributed by atoms with E-state index < -0.39 is 31.8 Å². The van der Waals surface area contributed by atoms with E-state index in [4.69, 9.17) is 15.8 Å². The van der Waals surface area contributed by atoms with Gasteiger partial charge in [-0.25, -0.2) is 8.42 Å². The van der Waals surface area contributed by atoms with E-state index in [0.29, 0.717) is 0 Å². The molecule has 0 radical (unpaired) electrons. The summed E-state index contributed by atoms with van der Waals surface area (Å²) in [6.07, 6.45) is -5.13. The molecule has 4 nitrogen and oxygen atoms in total. The first kappa shape index (κ1) is 12.9. The van der Waals surface area contributed by atoms with Crippen molar-refractivity contribution in [2.45, 2.75) is 11.3 Å². The van der Waals surface area contributed by atoms with Gasteiger partial charge in [0, 0.05) is 10.7 Å². The number of rotatable bonds is 2. The minimum atomic E-state index is -5.13. The number of halogens is 4. The van der Waals surface area contributed by atoms with Crippen LogP contribution in [0, 0.1) is 0 Å². The van der Waals surface area contributed by atoms with Gasteiger partial charge in [0.15, 0.2) is 11.5 Å². The summed E-state index contributed by atoms with van der Waals surface area (Å²) in [5.41, 5.74) is 0. The van der Waals surface area contributed by atoms with Crippen LogP contribution in [-0.2, 0) is 9.05 Å². The number of benzene rings is 1. The molecular formula is C7H4ClF3O4S. The van der Waals surface area contributed by atoms with Crippen molar-refractivity contribution in [3.05, 3.63) is 18.2 Å². The molecule has 0 atom stereocenters. The molecule has 0 unspecified atom stereocenters. The lowest BCUT2D eigenvalue weighted by Gasteiger charge is -2.12. The summed E-state index contributed by atoms with van der Waals surface area (Å²) in [7, 11) is 0.437. The topological polar surface area (TPSA) is 63.6 Å². The number of ether oxygens (including phenoxy) is 1. The number of alkyl halides is 3. The van der Waals surface area contributed by atoms with Gasteiger partial charge < -0.3 is 9.84 Å². The van der Waals surface area contributed by atoms with E-state index >= 15 is 0 Å². The van der Waals surface area contributed by atoms with Crippen LogP contribution in [0.15, 0.2) is 23.1 Å². The van der Waals surface area contributed by atoms with Crippen LogP contribution in [0.2, 0.25) is 0 Å². The first-order valence-electron chi connectivity index (χ1n) is 3.63. The van der Waals surface area contributed by atoms with Crippen molar-refractivity contribution in [2.24, 2.45) is 0 Å². The van der Waals surface area contributed by atoms with Gasteiger partial charge in [0.05, 0.1) is 0 Å². The lowest BCUT2D eigenvalue weighted by molar-refractivity contribution is -0.276. The molecule has 0 aliphatic rings. The molecule has 9 heteroatoms. The maximum Gasteiger partial charge on any atom is 0.573 e. The van der Waals surface area contributed by atoms with Crippen LogP contribution >= 0.6 is 10.7 Å². The molecule has 90 valence electrons. The second-order valence-electron chi connectivity index (χ2n) is 2.59. The highest BCUT2D eigenvalue weighted by Crippen LogP contribution is 2.38. The molecule has 1 aromatic rings. The Morgan fingerprint density at radius 2 is 1.88 bits per heavy atom. The second-order valence-corrected chi connectivity index (χ2v) is 5.12. The van der Waals surface area contributed by atoms with Crippen LogP contribution in [0.1, 0.15) is 0 Å². The Kier molecular flexibility index (Phi) is 3.25. The Morgan fingerprint density at radius 3 is 2.31 bits per heavy atom. The van der Waals surface area contributed by atoms with Crippen molar-refractivity contribution in [3.8, 4) is 11.5 Å². The molecule has 16 heavy (non-hydrogen) atoms. The van der Waals surface area contributed by atoms with E-state index in [1.54, 1.807) is 0 Å². The van der Waals surface area contributed by atoms with Crippen LogP contribution < -0.4 is 4.74 Å². The summed E-state index contributed by atoms with van der Waals surface area (Å²) in [6.45, 7) is 0. The molecule has 1 aromatic carbocycles. The summed E-state index contributed by atoms with van der Waals surface area (Å²) >= 11 is 0. The summed E-state index contributed by atoms with van der Waals surface area (Å²) in [5, 5.41) is 9.07. The Bertz CT molecular complexity index is 497. The van der Waals surface area contributed by atoms with Crippen LogP contribution in [0.4, 0.5) is 13.2 Å². The van der Waals surface area contributed by atoms with Crippen molar-refractivity contribution in [1.82, 2.24) is 0 Å². The molecule has 0 amide bonds. The van der Waals surface area contributed by atoms with Gasteiger partial charge in [-0.15, -0.1) is 13.2 Å². The standard InChI is InChI=1S/C7H4ClF3O4S/c8-16(13,14)5-3-1-2-4(12)6(5)15-7(9,10)11/h1-3,12H. The second kappa shape index (κ2) is 4.02. The first-order valence-corrected chi connectivity index (χ1v) is 5.94. The van der Waals surface area contributed by atoms with Gasteiger partial charge in [-0.1, -0.05) is 6.07 Å². The SMILES string of the molecule is O=S(=O)(Cl)c1cccc(O)c1OC(F)(F)F. The molecule has 0 aromatic heterocycles. The normalized spacial score (nSPS) is 12.5. The molecule has 0 bridgehead atoms. The van der Waals surface area contributed by atoms with Crippen LogP contribution in [0.25, 0.3) is 0 Å². The number of para-hydroxylation sites is 1. The van der Waals surface area contributed by atoms with E-state index in [0.717, 1.165) is 18.2 Å². The van der Waals surface area contributed by atoms with Gasteiger partial charge in [0.25, 0.3) is 9.05 Å². The number of hydrogen-bond donors (Lipinski definition) is 1. The Morgan fingerprint density at radius 1 is 1.31 bits per heavy atom. The van der Waals surface area contributed by atoms with Crippen molar-refractivity contribution >= 4 is 19.7 Å². The predicted octanol–water partition coefficient (Wildman–Crippen LogP) is 2.22. The number of phenolic OH excluding ortho intramolecular Hbond substituents is 1. The lowest BCUT2D eigenvalue weighted by Crippen LogP contribution is -2.18. The highest BCUT2D eigenvalue weighted by atomic mass is 35.7. The molecule has 1 rings (SSSR count). The third-order valence-corrected chi connectivity index (χ3v) is 2.78. The van der Waals surface area contributed by atoms with Crippen LogP contribution in [0.3, 0.4) is 0 Å². The zero-order valence-corrected chi connectivity index (χ0v) is 8.90. The van der Waals surface area contributed by atoms with E-state index in [1.165, 1.54) is 0 Å². The molecule has 0 aliphatic carbocycles. The summed E-state index contributed by atoms with van der Waals surface area (Å²) in [6, 6.07) is 2.64. The Hall–Kier alpha value is -1.15. The summed E-state index contributed by atoms with van der Waals surface area (Å²) in [4.78, 5) is -0.952. The van der Waals surface area contributed by atoms with E-state index in [9.17, 15) is 21.6 Å². The van der Waals surface area contributed by atoms with Gasteiger partial charge in [-0.3, -0.25) is 0 Å². The molecule has 0 heterocycles. The predicted molar refractivity (Wildman–Crippen MR) is 47.8 cm³/mol. The highest BCUT2D eigenvalue weighted by Gasteiger charge is 2.35. The summed E-state index contributed by atoms with van der Waals surface area (Å²) in [5.74, 6) is -2.22. The average molecular weight is 277 g/mol. The summed E-state index contributed by atoms with van der Waals surface area (Å²) < 4.78 is 60.9. The minimum Gasteiger partial charge on any atom is -0.504 e. The lowest BCUT2D eigenvalue weighted by atomic mass is 10.3. The fraction of sp³-hybridized carbons (Fsp3) is 0.143. The van der Waals surface area contributed by atoms with Gasteiger partial charge >= 0.3 is 6.36 Å². The van der Waals surface area contributed by atoms with Crippen molar-refractivity contribution in [1.29, 1.82) is 0 Å². The van der Waals surface area contributed by atoms with Crippen molar-refractivity contribution in [2.75, 3.05) is 0 Å². The largest absolute Gasteiger partial charge is 0.573 e. The fourth-order valence-corrected chi connectivity index (χ4v) is 1.89. The Labute approximate surface area is 92.6 Å². The van der Waals surface area contributed by atoms with Crippen LogP contribution in [-0.4, -0.2) is 19.9 Å². The van der Waals surface area contributed by atoms with Gasteiger partial charge in [0.1, 0.15) is 4.90 Å². The molecule has 1 N–H and O–H groups in total. The molecule has 0 saturated heterocycles. The van der Waals surface area contributed by atoms with E-state index in [1.807, 2.05) is 0 Å². The quantitative estimate of drug-likeness (QED) is 0.841.